The van der Waals surface area contributed by atoms with Gasteiger partial charge in [-0.05, 0) is 63.6 Å². The standard InChI is InChI=1S/C28H34ClN5O/c1-16(2)33-15-30-22-12-21(31-25(29)24(22)33)17-7-8-20-23(9-17)34(26(35)28(20,5)6)19-10-18(11-19)32-13-27(3,4)14-32/h7-9,12,15-16,18-19H,10-11,13-14H2,1-6H3/t18-,19+. The van der Waals surface area contributed by atoms with Crippen molar-refractivity contribution in [2.75, 3.05) is 18.0 Å². The first-order valence-corrected chi connectivity index (χ1v) is 13.1. The van der Waals surface area contributed by atoms with Gasteiger partial charge in [-0.3, -0.25) is 9.69 Å². The molecule has 2 aromatic heterocycles. The highest BCUT2D eigenvalue weighted by Gasteiger charge is 2.51. The normalized spacial score (nSPS) is 25.1. The van der Waals surface area contributed by atoms with E-state index in [0.717, 1.165) is 59.5 Å². The van der Waals surface area contributed by atoms with Crippen LogP contribution in [0.5, 0.6) is 0 Å². The Labute approximate surface area is 212 Å². The monoisotopic (exact) mass is 491 g/mol. The Kier molecular flexibility index (Phi) is 4.95. The molecule has 2 aliphatic heterocycles. The van der Waals surface area contributed by atoms with Crippen molar-refractivity contribution in [2.24, 2.45) is 5.41 Å². The Bertz CT molecular complexity index is 1340. The molecule has 1 saturated carbocycles. The van der Waals surface area contributed by atoms with Gasteiger partial charge >= 0.3 is 0 Å². The van der Waals surface area contributed by atoms with Gasteiger partial charge < -0.3 is 9.47 Å². The molecule has 6 nitrogen and oxygen atoms in total. The van der Waals surface area contributed by atoms with E-state index >= 15 is 0 Å². The van der Waals surface area contributed by atoms with Crippen molar-refractivity contribution in [1.29, 1.82) is 0 Å². The van der Waals surface area contributed by atoms with E-state index in [4.69, 9.17) is 16.6 Å². The number of nitrogens with zero attached hydrogens (tertiary/aromatic N) is 5. The van der Waals surface area contributed by atoms with Crippen molar-refractivity contribution >= 4 is 34.2 Å². The lowest BCUT2D eigenvalue weighted by molar-refractivity contribution is -0.123. The zero-order valence-corrected chi connectivity index (χ0v) is 22.2. The fourth-order valence-electron chi connectivity index (χ4n) is 6.24. The number of benzene rings is 1. The lowest BCUT2D eigenvalue weighted by Gasteiger charge is -2.55. The second-order valence-electron chi connectivity index (χ2n) is 12.3. The first kappa shape index (κ1) is 23.0. The van der Waals surface area contributed by atoms with Gasteiger partial charge in [-0.25, -0.2) is 9.97 Å². The first-order valence-electron chi connectivity index (χ1n) is 12.7. The van der Waals surface area contributed by atoms with Gasteiger partial charge in [0, 0.05) is 42.5 Å². The van der Waals surface area contributed by atoms with Crippen molar-refractivity contribution in [2.45, 2.75) is 77.9 Å². The average molecular weight is 492 g/mol. The number of halogens is 1. The van der Waals surface area contributed by atoms with E-state index in [9.17, 15) is 4.79 Å². The van der Waals surface area contributed by atoms with Crippen LogP contribution < -0.4 is 4.90 Å². The molecule has 2 fully saturated rings. The Balaban J connectivity index is 1.33. The zero-order valence-electron chi connectivity index (χ0n) is 21.5. The molecule has 1 aromatic carbocycles. The summed E-state index contributed by atoms with van der Waals surface area (Å²) in [5.41, 5.74) is 5.46. The minimum Gasteiger partial charge on any atom is -0.326 e. The highest BCUT2D eigenvalue weighted by atomic mass is 35.5. The van der Waals surface area contributed by atoms with Crippen LogP contribution in [0.1, 0.15) is 66.0 Å². The smallest absolute Gasteiger partial charge is 0.237 e. The summed E-state index contributed by atoms with van der Waals surface area (Å²) in [5.74, 6) is 0.203. The fraction of sp³-hybridized carbons (Fsp3) is 0.536. The Hall–Kier alpha value is -2.44. The number of amides is 1. The molecule has 0 radical (unpaired) electrons. The van der Waals surface area contributed by atoms with Crippen LogP contribution in [0.3, 0.4) is 0 Å². The zero-order chi connectivity index (χ0) is 24.9. The number of hydrogen-bond acceptors (Lipinski definition) is 4. The highest BCUT2D eigenvalue weighted by Crippen LogP contribution is 2.48. The minimum atomic E-state index is -0.525. The van der Waals surface area contributed by atoms with E-state index in [2.05, 4.69) is 60.7 Å². The Morgan fingerprint density at radius 1 is 1.06 bits per heavy atom. The molecule has 0 N–H and O–H groups in total. The fourth-order valence-corrected chi connectivity index (χ4v) is 6.53. The van der Waals surface area contributed by atoms with Crippen LogP contribution >= 0.6 is 11.6 Å². The number of pyridine rings is 1. The van der Waals surface area contributed by atoms with Crippen molar-refractivity contribution in [3.8, 4) is 11.3 Å². The molecule has 184 valence electrons. The van der Waals surface area contributed by atoms with E-state index in [1.54, 1.807) is 0 Å². The van der Waals surface area contributed by atoms with E-state index < -0.39 is 5.41 Å². The van der Waals surface area contributed by atoms with E-state index in [1.807, 2.05) is 30.8 Å². The topological polar surface area (TPSA) is 54.3 Å². The van der Waals surface area contributed by atoms with Crippen LogP contribution in [-0.4, -0.2) is 50.5 Å². The molecule has 1 amide bonds. The quantitative estimate of drug-likeness (QED) is 0.431. The Morgan fingerprint density at radius 2 is 1.77 bits per heavy atom. The number of fused-ring (bicyclic) bond motifs is 2. The maximum atomic E-state index is 13.6. The van der Waals surface area contributed by atoms with E-state index in [1.165, 1.54) is 0 Å². The number of aromatic nitrogens is 3. The largest absolute Gasteiger partial charge is 0.326 e. The molecule has 3 aliphatic rings. The van der Waals surface area contributed by atoms with Gasteiger partial charge in [0.15, 0.2) is 5.15 Å². The molecular weight excluding hydrogens is 458 g/mol. The lowest BCUT2D eigenvalue weighted by Crippen LogP contribution is -2.64. The third-order valence-electron chi connectivity index (χ3n) is 8.28. The van der Waals surface area contributed by atoms with Crippen LogP contribution in [0.15, 0.2) is 30.6 Å². The Morgan fingerprint density at radius 3 is 2.43 bits per heavy atom. The van der Waals surface area contributed by atoms with Crippen LogP contribution in [0.2, 0.25) is 5.15 Å². The highest BCUT2D eigenvalue weighted by molar-refractivity contribution is 6.34. The van der Waals surface area contributed by atoms with E-state index in [0.29, 0.717) is 16.6 Å². The number of imidazole rings is 1. The molecule has 1 saturated heterocycles. The lowest BCUT2D eigenvalue weighted by atomic mass is 9.76. The van der Waals surface area contributed by atoms with Gasteiger partial charge in [0.2, 0.25) is 5.91 Å². The van der Waals surface area contributed by atoms with Crippen LogP contribution in [-0.2, 0) is 10.2 Å². The van der Waals surface area contributed by atoms with Crippen LogP contribution in [0, 0.1) is 5.41 Å². The predicted molar refractivity (Wildman–Crippen MR) is 141 cm³/mol. The molecule has 0 spiro atoms. The molecule has 0 unspecified atom stereocenters. The second-order valence-corrected chi connectivity index (χ2v) is 12.6. The second kappa shape index (κ2) is 7.53. The maximum absolute atomic E-state index is 13.6. The summed E-state index contributed by atoms with van der Waals surface area (Å²) in [7, 11) is 0. The minimum absolute atomic E-state index is 0.203. The van der Waals surface area contributed by atoms with Gasteiger partial charge in [-0.1, -0.05) is 37.6 Å². The number of hydrogen-bond donors (Lipinski definition) is 0. The summed E-state index contributed by atoms with van der Waals surface area (Å²) in [4.78, 5) is 27.6. The molecule has 0 bridgehead atoms. The molecular formula is C28H34ClN5O. The van der Waals surface area contributed by atoms with Crippen LogP contribution in [0.25, 0.3) is 22.3 Å². The van der Waals surface area contributed by atoms with Crippen molar-refractivity contribution in [3.63, 3.8) is 0 Å². The van der Waals surface area contributed by atoms with Crippen molar-refractivity contribution < 1.29 is 4.79 Å². The number of anilines is 1. The third kappa shape index (κ3) is 3.44. The van der Waals surface area contributed by atoms with Crippen molar-refractivity contribution in [3.05, 3.63) is 41.3 Å². The molecule has 6 rings (SSSR count). The summed E-state index contributed by atoms with van der Waals surface area (Å²) in [5, 5.41) is 0.455. The summed E-state index contributed by atoms with van der Waals surface area (Å²) in [6.07, 6.45) is 3.92. The summed E-state index contributed by atoms with van der Waals surface area (Å²) < 4.78 is 2.05. The first-order chi connectivity index (χ1) is 16.5. The maximum Gasteiger partial charge on any atom is 0.237 e. The van der Waals surface area contributed by atoms with Gasteiger partial charge in [-0.15, -0.1) is 0 Å². The number of rotatable bonds is 4. The third-order valence-corrected chi connectivity index (χ3v) is 8.54. The molecule has 3 aromatic rings. The SMILES string of the molecule is CC(C)n1cnc2cc(-c3ccc4c(c3)N([C@H]3C[C@@H](N5CC(C)(C)C5)C3)C(=O)C4(C)C)nc(Cl)c21. The van der Waals surface area contributed by atoms with Gasteiger partial charge in [0.1, 0.15) is 5.52 Å². The molecule has 4 heterocycles. The van der Waals surface area contributed by atoms with Crippen LogP contribution in [0.4, 0.5) is 5.69 Å². The summed E-state index contributed by atoms with van der Waals surface area (Å²) >= 11 is 6.64. The molecule has 35 heavy (non-hydrogen) atoms. The molecule has 7 heteroatoms. The van der Waals surface area contributed by atoms with E-state index in [-0.39, 0.29) is 18.0 Å². The predicted octanol–water partition coefficient (Wildman–Crippen LogP) is 5.83. The molecule has 0 atom stereocenters. The summed E-state index contributed by atoms with van der Waals surface area (Å²) in [6, 6.07) is 9.39. The van der Waals surface area contributed by atoms with Gasteiger partial charge in [0.05, 0.1) is 23.0 Å². The summed E-state index contributed by atoms with van der Waals surface area (Å²) in [6.45, 7) is 15.3. The number of carbonyl (C=O) groups is 1. The average Bonchev–Trinajstić information content (AvgIpc) is 3.25. The number of carbonyl (C=O) groups excluding carboxylic acids is 1. The number of likely N-dealkylation sites (tertiary alicyclic amines) is 1. The van der Waals surface area contributed by atoms with Crippen molar-refractivity contribution in [1.82, 2.24) is 19.4 Å². The van der Waals surface area contributed by atoms with Gasteiger partial charge in [0.25, 0.3) is 0 Å². The van der Waals surface area contributed by atoms with Gasteiger partial charge in [-0.2, -0.15) is 0 Å². The molecule has 1 aliphatic carbocycles.